The molecule has 164 valence electrons. The molecule has 3 aromatic heterocycles. The van der Waals surface area contributed by atoms with Crippen LogP contribution < -0.4 is 5.32 Å². The molecule has 0 radical (unpaired) electrons. The van der Waals surface area contributed by atoms with Gasteiger partial charge in [0.15, 0.2) is 0 Å². The second-order valence-electron chi connectivity index (χ2n) is 7.80. The molecular formula is C21H23F3N6O. The van der Waals surface area contributed by atoms with Gasteiger partial charge >= 0.3 is 6.18 Å². The number of carbonyl (C=O) groups is 1. The van der Waals surface area contributed by atoms with Gasteiger partial charge in [-0.15, -0.1) is 0 Å². The fourth-order valence-corrected chi connectivity index (χ4v) is 3.83. The largest absolute Gasteiger partial charge is 0.390 e. The predicted octanol–water partition coefficient (Wildman–Crippen LogP) is 3.63. The lowest BCUT2D eigenvalue weighted by atomic mass is 9.96. The van der Waals surface area contributed by atoms with Gasteiger partial charge in [-0.2, -0.15) is 18.3 Å². The van der Waals surface area contributed by atoms with Crippen LogP contribution in [0.25, 0.3) is 22.2 Å². The van der Waals surface area contributed by atoms with Gasteiger partial charge in [0.25, 0.3) is 0 Å². The van der Waals surface area contributed by atoms with E-state index in [0.29, 0.717) is 37.3 Å². The number of nitrogens with zero attached hydrogens (tertiary/aromatic N) is 5. The van der Waals surface area contributed by atoms with Crippen molar-refractivity contribution < 1.29 is 18.0 Å². The lowest BCUT2D eigenvalue weighted by Gasteiger charge is -2.31. The molecule has 7 nitrogen and oxygen atoms in total. The standard InChI is InChI=1S/C21H23F3N6O/c1-29-18(2-6-27-29)16-10-15-11-19(26-13-17(15)25-12-16)28-20(31)14-3-7-30(8-4-14)9-5-21(22,23)24/h2,6,10-14H,3-5,7-9H2,1H3,(H,26,28,31). The van der Waals surface area contributed by atoms with Crippen LogP contribution in [-0.2, 0) is 11.8 Å². The number of hydrogen-bond acceptors (Lipinski definition) is 5. The molecule has 0 unspecified atom stereocenters. The van der Waals surface area contributed by atoms with Crippen molar-refractivity contribution in [3.8, 4) is 11.3 Å². The van der Waals surface area contributed by atoms with Crippen LogP contribution in [0.5, 0.6) is 0 Å². The highest BCUT2D eigenvalue weighted by molar-refractivity contribution is 5.94. The molecule has 0 aliphatic carbocycles. The number of anilines is 1. The van der Waals surface area contributed by atoms with E-state index in [9.17, 15) is 18.0 Å². The van der Waals surface area contributed by atoms with Crippen molar-refractivity contribution in [3.63, 3.8) is 0 Å². The van der Waals surface area contributed by atoms with Crippen LogP contribution in [0.4, 0.5) is 19.0 Å². The Morgan fingerprint density at radius 2 is 1.97 bits per heavy atom. The lowest BCUT2D eigenvalue weighted by Crippen LogP contribution is -2.39. The van der Waals surface area contributed by atoms with Gasteiger partial charge in [0.05, 0.1) is 23.8 Å². The first kappa shape index (κ1) is 21.2. The summed E-state index contributed by atoms with van der Waals surface area (Å²) in [6, 6.07) is 5.64. The molecule has 4 heterocycles. The Kier molecular flexibility index (Phi) is 5.90. The van der Waals surface area contributed by atoms with E-state index in [2.05, 4.69) is 20.4 Å². The van der Waals surface area contributed by atoms with Gasteiger partial charge in [-0.3, -0.25) is 14.5 Å². The first-order valence-corrected chi connectivity index (χ1v) is 10.1. The number of amides is 1. The first-order chi connectivity index (χ1) is 14.8. The molecule has 0 aromatic carbocycles. The van der Waals surface area contributed by atoms with Crippen LogP contribution in [0.2, 0.25) is 0 Å². The Morgan fingerprint density at radius 3 is 2.65 bits per heavy atom. The minimum atomic E-state index is -4.15. The van der Waals surface area contributed by atoms with E-state index >= 15 is 0 Å². The molecule has 1 saturated heterocycles. The Bertz CT molecular complexity index is 1070. The summed E-state index contributed by atoms with van der Waals surface area (Å²) in [5, 5.41) is 7.86. The summed E-state index contributed by atoms with van der Waals surface area (Å²) in [5.74, 6) is 0.0394. The number of piperidine rings is 1. The number of aromatic nitrogens is 4. The number of pyridine rings is 2. The fraction of sp³-hybridized carbons (Fsp3) is 0.429. The number of aryl methyl sites for hydroxylation is 1. The summed E-state index contributed by atoms with van der Waals surface area (Å²) in [6.45, 7) is 0.949. The van der Waals surface area contributed by atoms with Crippen LogP contribution in [-0.4, -0.2) is 56.4 Å². The molecule has 1 fully saturated rings. The summed E-state index contributed by atoms with van der Waals surface area (Å²) in [7, 11) is 1.85. The van der Waals surface area contributed by atoms with Crippen molar-refractivity contribution in [2.24, 2.45) is 13.0 Å². The summed E-state index contributed by atoms with van der Waals surface area (Å²) in [4.78, 5) is 23.1. The van der Waals surface area contributed by atoms with E-state index in [0.717, 1.165) is 16.6 Å². The van der Waals surface area contributed by atoms with Crippen LogP contribution in [0.1, 0.15) is 19.3 Å². The van der Waals surface area contributed by atoms with E-state index in [1.54, 1.807) is 34.2 Å². The van der Waals surface area contributed by atoms with Crippen LogP contribution in [0, 0.1) is 5.92 Å². The second-order valence-corrected chi connectivity index (χ2v) is 7.80. The van der Waals surface area contributed by atoms with E-state index in [1.165, 1.54) is 0 Å². The molecular weight excluding hydrogens is 409 g/mol. The highest BCUT2D eigenvalue weighted by Gasteiger charge is 2.30. The molecule has 1 aliphatic heterocycles. The Labute approximate surface area is 177 Å². The number of halogens is 3. The number of alkyl halides is 3. The molecule has 0 spiro atoms. The normalized spacial score (nSPS) is 16.0. The van der Waals surface area contributed by atoms with E-state index in [4.69, 9.17) is 0 Å². The summed E-state index contributed by atoms with van der Waals surface area (Å²) in [6.07, 6.45) is 1.17. The minimum Gasteiger partial charge on any atom is -0.310 e. The third-order valence-corrected chi connectivity index (χ3v) is 5.61. The molecule has 0 saturated carbocycles. The Morgan fingerprint density at radius 1 is 1.19 bits per heavy atom. The van der Waals surface area contributed by atoms with Gasteiger partial charge in [-0.25, -0.2) is 4.98 Å². The van der Waals surface area contributed by atoms with Gasteiger partial charge in [0, 0.05) is 42.9 Å². The number of hydrogen-bond donors (Lipinski definition) is 1. The minimum absolute atomic E-state index is 0.0178. The zero-order valence-corrected chi connectivity index (χ0v) is 17.1. The van der Waals surface area contributed by atoms with Gasteiger partial charge in [0.2, 0.25) is 5.91 Å². The molecule has 3 aromatic rings. The third-order valence-electron chi connectivity index (χ3n) is 5.61. The average Bonchev–Trinajstić information content (AvgIpc) is 3.17. The highest BCUT2D eigenvalue weighted by atomic mass is 19.4. The topological polar surface area (TPSA) is 75.9 Å². The monoisotopic (exact) mass is 432 g/mol. The van der Waals surface area contributed by atoms with Crippen LogP contribution >= 0.6 is 0 Å². The molecule has 1 amide bonds. The van der Waals surface area contributed by atoms with E-state index in [-0.39, 0.29) is 18.4 Å². The lowest BCUT2D eigenvalue weighted by molar-refractivity contribution is -0.139. The molecule has 4 rings (SSSR count). The number of nitrogens with one attached hydrogen (secondary N) is 1. The predicted molar refractivity (Wildman–Crippen MR) is 110 cm³/mol. The van der Waals surface area contributed by atoms with Gasteiger partial charge < -0.3 is 10.2 Å². The molecule has 1 aliphatic rings. The number of likely N-dealkylation sites (tertiary alicyclic amines) is 1. The highest BCUT2D eigenvalue weighted by Crippen LogP contribution is 2.25. The van der Waals surface area contributed by atoms with Crippen molar-refractivity contribution >= 4 is 22.6 Å². The molecule has 31 heavy (non-hydrogen) atoms. The molecule has 1 N–H and O–H groups in total. The first-order valence-electron chi connectivity index (χ1n) is 10.1. The van der Waals surface area contributed by atoms with Crippen LogP contribution in [0.3, 0.4) is 0 Å². The maximum atomic E-state index is 12.6. The second kappa shape index (κ2) is 8.62. The van der Waals surface area contributed by atoms with Crippen molar-refractivity contribution in [1.29, 1.82) is 0 Å². The maximum Gasteiger partial charge on any atom is 0.390 e. The number of carbonyl (C=O) groups excluding carboxylic acids is 1. The summed E-state index contributed by atoms with van der Waals surface area (Å²) in [5.41, 5.74) is 2.54. The maximum absolute atomic E-state index is 12.6. The number of rotatable bonds is 5. The van der Waals surface area contributed by atoms with Crippen molar-refractivity contribution in [3.05, 3.63) is 36.8 Å². The van der Waals surface area contributed by atoms with Gasteiger partial charge in [0.1, 0.15) is 5.82 Å². The zero-order chi connectivity index (χ0) is 22.0. The van der Waals surface area contributed by atoms with Gasteiger partial charge in [-0.1, -0.05) is 0 Å². The Hall–Kier alpha value is -3.01. The van der Waals surface area contributed by atoms with Crippen LogP contribution in [0.15, 0.2) is 36.8 Å². The third kappa shape index (κ3) is 5.19. The van der Waals surface area contributed by atoms with Crippen molar-refractivity contribution in [1.82, 2.24) is 24.6 Å². The smallest absolute Gasteiger partial charge is 0.310 e. The zero-order valence-electron chi connectivity index (χ0n) is 17.1. The van der Waals surface area contributed by atoms with Crippen molar-refractivity contribution in [2.45, 2.75) is 25.4 Å². The molecule has 0 atom stereocenters. The Balaban J connectivity index is 1.39. The summed E-state index contributed by atoms with van der Waals surface area (Å²) < 4.78 is 38.9. The average molecular weight is 432 g/mol. The summed E-state index contributed by atoms with van der Waals surface area (Å²) >= 11 is 0. The van der Waals surface area contributed by atoms with E-state index in [1.807, 2.05) is 19.2 Å². The SMILES string of the molecule is Cn1nccc1-c1cnc2cnc(NC(=O)C3CCN(CCC(F)(F)F)CC3)cc2c1. The quantitative estimate of drug-likeness (QED) is 0.666. The van der Waals surface area contributed by atoms with Crippen molar-refractivity contribution in [2.75, 3.05) is 25.0 Å². The number of fused-ring (bicyclic) bond motifs is 1. The van der Waals surface area contributed by atoms with Gasteiger partial charge in [-0.05, 0) is 44.1 Å². The van der Waals surface area contributed by atoms with E-state index < -0.39 is 12.6 Å². The molecule has 10 heteroatoms. The molecule has 0 bridgehead atoms. The fourth-order valence-electron chi connectivity index (χ4n) is 3.83.